The average Bonchev–Trinajstić information content (AvgIpc) is 2.61. The Balaban J connectivity index is 1.87. The molecule has 26 heavy (non-hydrogen) atoms. The molecule has 0 radical (unpaired) electrons. The number of rotatable bonds is 7. The normalized spacial score (nSPS) is 10.3. The Labute approximate surface area is 161 Å². The van der Waals surface area contributed by atoms with Crippen molar-refractivity contribution in [3.63, 3.8) is 0 Å². The molecule has 0 spiro atoms. The van der Waals surface area contributed by atoms with Gasteiger partial charge >= 0.3 is 0 Å². The predicted octanol–water partition coefficient (Wildman–Crippen LogP) is 5.00. The zero-order valence-electron chi connectivity index (χ0n) is 15.6. The third kappa shape index (κ3) is 6.15. The molecular formula is C21H26N2O2S. The van der Waals surface area contributed by atoms with Gasteiger partial charge in [0, 0.05) is 11.3 Å². The average molecular weight is 371 g/mol. The topological polar surface area (TPSA) is 50.4 Å². The van der Waals surface area contributed by atoms with Crippen molar-refractivity contribution in [2.75, 3.05) is 11.9 Å². The van der Waals surface area contributed by atoms with Crippen molar-refractivity contribution >= 4 is 28.9 Å². The van der Waals surface area contributed by atoms with Crippen molar-refractivity contribution < 1.29 is 9.53 Å². The largest absolute Gasteiger partial charge is 0.494 e. The zero-order chi connectivity index (χ0) is 18.9. The van der Waals surface area contributed by atoms with E-state index in [1.807, 2.05) is 26.0 Å². The lowest BCUT2D eigenvalue weighted by atomic mass is 10.1. The van der Waals surface area contributed by atoms with Crippen LogP contribution in [0.15, 0.2) is 42.5 Å². The molecule has 5 heteroatoms. The summed E-state index contributed by atoms with van der Waals surface area (Å²) in [6.45, 7) is 6.89. The fraction of sp³-hybridized carbons (Fsp3) is 0.333. The van der Waals surface area contributed by atoms with Crippen molar-refractivity contribution in [2.24, 2.45) is 0 Å². The molecule has 0 aromatic heterocycles. The highest BCUT2D eigenvalue weighted by atomic mass is 32.1. The summed E-state index contributed by atoms with van der Waals surface area (Å²) in [6, 6.07) is 13.1. The van der Waals surface area contributed by atoms with Crippen molar-refractivity contribution in [1.29, 1.82) is 0 Å². The van der Waals surface area contributed by atoms with Crippen molar-refractivity contribution in [1.82, 2.24) is 5.32 Å². The van der Waals surface area contributed by atoms with E-state index in [2.05, 4.69) is 23.6 Å². The number of carbonyl (C=O) groups is 1. The number of hydrogen-bond donors (Lipinski definition) is 2. The third-order valence-corrected chi connectivity index (χ3v) is 4.19. The Morgan fingerprint density at radius 3 is 2.46 bits per heavy atom. The van der Waals surface area contributed by atoms with E-state index in [0.717, 1.165) is 29.8 Å². The summed E-state index contributed by atoms with van der Waals surface area (Å²) >= 11 is 5.24. The molecule has 0 aliphatic rings. The van der Waals surface area contributed by atoms with E-state index in [1.165, 1.54) is 12.0 Å². The van der Waals surface area contributed by atoms with Crippen LogP contribution >= 0.6 is 12.2 Å². The molecule has 2 aromatic carbocycles. The van der Waals surface area contributed by atoms with E-state index in [4.69, 9.17) is 17.0 Å². The van der Waals surface area contributed by atoms with Gasteiger partial charge in [-0.05, 0) is 68.4 Å². The quantitative estimate of drug-likeness (QED) is 0.532. The summed E-state index contributed by atoms with van der Waals surface area (Å²) in [6.07, 6.45) is 3.36. The van der Waals surface area contributed by atoms with Gasteiger partial charge < -0.3 is 10.1 Å². The molecule has 0 bridgehead atoms. The van der Waals surface area contributed by atoms with E-state index in [1.54, 1.807) is 24.3 Å². The number of hydrogen-bond acceptors (Lipinski definition) is 3. The fourth-order valence-corrected chi connectivity index (χ4v) is 2.73. The number of anilines is 1. The van der Waals surface area contributed by atoms with Crippen molar-refractivity contribution in [2.45, 2.75) is 40.0 Å². The lowest BCUT2D eigenvalue weighted by Crippen LogP contribution is -2.34. The molecular weight excluding hydrogens is 344 g/mol. The molecule has 0 heterocycles. The first-order chi connectivity index (χ1) is 12.5. The summed E-state index contributed by atoms with van der Waals surface area (Å²) in [7, 11) is 0. The molecule has 0 saturated carbocycles. The number of benzene rings is 2. The van der Waals surface area contributed by atoms with Gasteiger partial charge in [0.25, 0.3) is 5.91 Å². The van der Waals surface area contributed by atoms with Crippen LogP contribution in [0.2, 0.25) is 0 Å². The zero-order valence-corrected chi connectivity index (χ0v) is 16.4. The minimum atomic E-state index is -0.246. The van der Waals surface area contributed by atoms with E-state index in [0.29, 0.717) is 12.2 Å². The van der Waals surface area contributed by atoms with Gasteiger partial charge in [0.2, 0.25) is 0 Å². The second-order valence-corrected chi connectivity index (χ2v) is 6.71. The second-order valence-electron chi connectivity index (χ2n) is 6.31. The van der Waals surface area contributed by atoms with Crippen LogP contribution in [0.3, 0.4) is 0 Å². The highest BCUT2D eigenvalue weighted by molar-refractivity contribution is 7.80. The molecule has 2 aromatic rings. The first-order valence-electron chi connectivity index (χ1n) is 8.92. The van der Waals surface area contributed by atoms with Gasteiger partial charge in [-0.25, -0.2) is 0 Å². The van der Waals surface area contributed by atoms with Gasteiger partial charge in [0.1, 0.15) is 5.75 Å². The molecule has 0 saturated heterocycles. The first kappa shape index (κ1) is 19.9. The maximum Gasteiger partial charge on any atom is 0.257 e. The number of carbonyl (C=O) groups excluding carboxylic acids is 1. The standard InChI is InChI=1S/C21H26N2O2S/c1-4-5-6-13-25-18-10-8-17(9-11-18)20(24)23-21(26)22-19-12-7-15(2)14-16(19)3/h7-12,14H,4-6,13H2,1-3H3,(H2,22,23,24,26). The highest BCUT2D eigenvalue weighted by Crippen LogP contribution is 2.16. The Kier molecular flexibility index (Phi) is 7.60. The predicted molar refractivity (Wildman–Crippen MR) is 111 cm³/mol. The van der Waals surface area contributed by atoms with Crippen LogP contribution in [-0.2, 0) is 0 Å². The SMILES string of the molecule is CCCCCOc1ccc(C(=O)NC(=S)Nc2ccc(C)cc2C)cc1. The summed E-state index contributed by atoms with van der Waals surface area (Å²) in [5.74, 6) is 0.526. The molecule has 4 nitrogen and oxygen atoms in total. The molecule has 2 rings (SSSR count). The van der Waals surface area contributed by atoms with Crippen molar-refractivity contribution in [3.8, 4) is 5.75 Å². The summed E-state index contributed by atoms with van der Waals surface area (Å²) < 4.78 is 5.66. The van der Waals surface area contributed by atoms with Crippen molar-refractivity contribution in [3.05, 3.63) is 59.2 Å². The van der Waals surface area contributed by atoms with Crippen LogP contribution in [0.5, 0.6) is 5.75 Å². The van der Waals surface area contributed by atoms with Gasteiger partial charge in [-0.15, -0.1) is 0 Å². The summed E-state index contributed by atoms with van der Waals surface area (Å²) in [4.78, 5) is 12.3. The fourth-order valence-electron chi connectivity index (χ4n) is 2.53. The number of unbranched alkanes of at least 4 members (excludes halogenated alkanes) is 2. The maximum atomic E-state index is 12.3. The highest BCUT2D eigenvalue weighted by Gasteiger charge is 2.09. The van der Waals surface area contributed by atoms with Crippen LogP contribution in [0.1, 0.15) is 47.7 Å². The number of amides is 1. The second kappa shape index (κ2) is 9.92. The smallest absolute Gasteiger partial charge is 0.257 e. The Bertz CT molecular complexity index is 757. The third-order valence-electron chi connectivity index (χ3n) is 3.99. The lowest BCUT2D eigenvalue weighted by molar-refractivity contribution is 0.0977. The van der Waals surface area contributed by atoms with E-state index >= 15 is 0 Å². The van der Waals surface area contributed by atoms with Gasteiger partial charge in [0.15, 0.2) is 5.11 Å². The molecule has 0 unspecified atom stereocenters. The van der Waals surface area contributed by atoms with E-state index in [9.17, 15) is 4.79 Å². The van der Waals surface area contributed by atoms with E-state index in [-0.39, 0.29) is 11.0 Å². The Morgan fingerprint density at radius 1 is 1.08 bits per heavy atom. The lowest BCUT2D eigenvalue weighted by Gasteiger charge is -2.12. The van der Waals surface area contributed by atoms with Crippen LogP contribution in [0, 0.1) is 13.8 Å². The molecule has 1 amide bonds. The molecule has 0 aliphatic heterocycles. The first-order valence-corrected chi connectivity index (χ1v) is 9.33. The minimum absolute atomic E-state index is 0.246. The summed E-state index contributed by atoms with van der Waals surface area (Å²) in [5.41, 5.74) is 3.68. The van der Waals surface area contributed by atoms with Crippen LogP contribution < -0.4 is 15.4 Å². The number of nitrogens with one attached hydrogen (secondary N) is 2. The minimum Gasteiger partial charge on any atom is -0.494 e. The van der Waals surface area contributed by atoms with Crippen LogP contribution in [0.25, 0.3) is 0 Å². The number of thiocarbonyl (C=S) groups is 1. The van der Waals surface area contributed by atoms with Gasteiger partial charge in [-0.1, -0.05) is 37.5 Å². The van der Waals surface area contributed by atoms with Gasteiger partial charge in [-0.2, -0.15) is 0 Å². The summed E-state index contributed by atoms with van der Waals surface area (Å²) in [5, 5.41) is 6.05. The molecule has 2 N–H and O–H groups in total. The molecule has 0 fully saturated rings. The molecule has 138 valence electrons. The monoisotopic (exact) mass is 370 g/mol. The Hall–Kier alpha value is -2.40. The Morgan fingerprint density at radius 2 is 1.81 bits per heavy atom. The maximum absolute atomic E-state index is 12.3. The van der Waals surface area contributed by atoms with Crippen LogP contribution in [-0.4, -0.2) is 17.6 Å². The molecule has 0 atom stereocenters. The van der Waals surface area contributed by atoms with E-state index < -0.39 is 0 Å². The van der Waals surface area contributed by atoms with Gasteiger partial charge in [-0.3, -0.25) is 10.1 Å². The number of aryl methyl sites for hydroxylation is 2. The molecule has 0 aliphatic carbocycles. The number of ether oxygens (including phenoxy) is 1. The van der Waals surface area contributed by atoms with Gasteiger partial charge in [0.05, 0.1) is 6.61 Å². The van der Waals surface area contributed by atoms with Crippen LogP contribution in [0.4, 0.5) is 5.69 Å².